The topological polar surface area (TPSA) is 41.5 Å². The number of methoxy groups -OCH3 is 1. The Balaban J connectivity index is 1.84. The Labute approximate surface area is 103 Å². The van der Waals surface area contributed by atoms with E-state index in [1.54, 1.807) is 19.2 Å². The van der Waals surface area contributed by atoms with Gasteiger partial charge in [-0.3, -0.25) is 0 Å². The van der Waals surface area contributed by atoms with Crippen LogP contribution < -0.4 is 10.1 Å². The number of ether oxygens (including phenoxy) is 1. The van der Waals surface area contributed by atoms with Gasteiger partial charge in [-0.15, -0.1) is 0 Å². The lowest BCUT2D eigenvalue weighted by Gasteiger charge is -2.38. The highest BCUT2D eigenvalue weighted by Gasteiger charge is 2.30. The Morgan fingerprint density at radius 1 is 1.41 bits per heavy atom. The molecule has 17 heavy (non-hydrogen) atoms. The lowest BCUT2D eigenvalue weighted by atomic mass is 9.70. The van der Waals surface area contributed by atoms with Gasteiger partial charge in [-0.1, -0.05) is 19.4 Å². The minimum atomic E-state index is 0.210. The molecule has 0 radical (unpaired) electrons. The summed E-state index contributed by atoms with van der Waals surface area (Å²) in [6, 6.07) is 5.54. The van der Waals surface area contributed by atoms with E-state index in [9.17, 15) is 5.11 Å². The van der Waals surface area contributed by atoms with Gasteiger partial charge in [0.1, 0.15) is 0 Å². The maximum atomic E-state index is 9.66. The first kappa shape index (κ1) is 12.2. The van der Waals surface area contributed by atoms with Crippen LogP contribution in [0.25, 0.3) is 0 Å². The predicted molar refractivity (Wildman–Crippen MR) is 68.3 cm³/mol. The summed E-state index contributed by atoms with van der Waals surface area (Å²) in [6.45, 7) is 4.18. The van der Waals surface area contributed by atoms with Crippen molar-refractivity contribution >= 4 is 0 Å². The fourth-order valence-corrected chi connectivity index (χ4v) is 2.31. The van der Waals surface area contributed by atoms with Crippen molar-refractivity contribution in [2.75, 3.05) is 13.7 Å². The fourth-order valence-electron chi connectivity index (χ4n) is 2.31. The molecule has 2 rings (SSSR count). The monoisotopic (exact) mass is 235 g/mol. The number of phenols is 1. The lowest BCUT2D eigenvalue weighted by molar-refractivity contribution is 0.156. The Hall–Kier alpha value is -1.22. The summed E-state index contributed by atoms with van der Waals surface area (Å²) in [7, 11) is 1.56. The lowest BCUT2D eigenvalue weighted by Crippen LogP contribution is -2.36. The highest BCUT2D eigenvalue weighted by atomic mass is 16.5. The molecule has 1 saturated carbocycles. The maximum Gasteiger partial charge on any atom is 0.160 e. The third-order valence-electron chi connectivity index (χ3n) is 3.68. The first-order valence-electron chi connectivity index (χ1n) is 6.20. The van der Waals surface area contributed by atoms with Crippen molar-refractivity contribution in [2.45, 2.75) is 32.7 Å². The van der Waals surface area contributed by atoms with Crippen molar-refractivity contribution in [2.24, 2.45) is 5.41 Å². The Kier molecular flexibility index (Phi) is 3.57. The molecule has 0 atom stereocenters. The maximum absolute atomic E-state index is 9.66. The Bertz CT molecular complexity index is 386. The number of hydrogen-bond acceptors (Lipinski definition) is 3. The SMILES string of the molecule is COc1ccc(CNCC2(C)CCC2)cc1O. The van der Waals surface area contributed by atoms with E-state index in [0.29, 0.717) is 11.2 Å². The van der Waals surface area contributed by atoms with Gasteiger partial charge in [-0.2, -0.15) is 0 Å². The van der Waals surface area contributed by atoms with E-state index < -0.39 is 0 Å². The van der Waals surface area contributed by atoms with Crippen LogP contribution in [-0.4, -0.2) is 18.8 Å². The molecule has 3 heteroatoms. The fraction of sp³-hybridized carbons (Fsp3) is 0.571. The van der Waals surface area contributed by atoms with E-state index >= 15 is 0 Å². The molecule has 3 nitrogen and oxygen atoms in total. The first-order valence-corrected chi connectivity index (χ1v) is 6.20. The minimum absolute atomic E-state index is 0.210. The van der Waals surface area contributed by atoms with Crippen LogP contribution in [0.2, 0.25) is 0 Å². The average molecular weight is 235 g/mol. The van der Waals surface area contributed by atoms with Gasteiger partial charge in [-0.25, -0.2) is 0 Å². The summed E-state index contributed by atoms with van der Waals surface area (Å²) in [4.78, 5) is 0. The van der Waals surface area contributed by atoms with Crippen LogP contribution in [0.5, 0.6) is 11.5 Å². The molecule has 0 heterocycles. The highest BCUT2D eigenvalue weighted by molar-refractivity contribution is 5.41. The van der Waals surface area contributed by atoms with Crippen molar-refractivity contribution in [1.29, 1.82) is 0 Å². The molecule has 0 saturated heterocycles. The second-order valence-corrected chi connectivity index (χ2v) is 5.27. The normalized spacial score (nSPS) is 17.5. The molecule has 1 aromatic rings. The third kappa shape index (κ3) is 2.91. The van der Waals surface area contributed by atoms with Crippen molar-refractivity contribution in [3.05, 3.63) is 23.8 Å². The standard InChI is InChI=1S/C14H21NO2/c1-14(6-3-7-14)10-15-9-11-4-5-13(17-2)12(16)8-11/h4-5,8,15-16H,3,6-7,9-10H2,1-2H3. The number of aromatic hydroxyl groups is 1. The van der Waals surface area contributed by atoms with E-state index in [-0.39, 0.29) is 5.75 Å². The van der Waals surface area contributed by atoms with Gasteiger partial charge in [0.15, 0.2) is 11.5 Å². The molecule has 0 amide bonds. The van der Waals surface area contributed by atoms with Crippen molar-refractivity contribution < 1.29 is 9.84 Å². The molecule has 0 aromatic heterocycles. The summed E-state index contributed by atoms with van der Waals surface area (Å²) in [5.41, 5.74) is 1.58. The van der Waals surface area contributed by atoms with Crippen LogP contribution >= 0.6 is 0 Å². The molecule has 94 valence electrons. The summed E-state index contributed by atoms with van der Waals surface area (Å²) in [6.07, 6.45) is 4.02. The number of hydrogen-bond donors (Lipinski definition) is 2. The summed E-state index contributed by atoms with van der Waals surface area (Å²) >= 11 is 0. The largest absolute Gasteiger partial charge is 0.504 e. The molecular formula is C14H21NO2. The summed E-state index contributed by atoms with van der Waals surface area (Å²) in [5, 5.41) is 13.1. The van der Waals surface area contributed by atoms with Crippen LogP contribution in [0, 0.1) is 5.41 Å². The van der Waals surface area contributed by atoms with E-state index in [4.69, 9.17) is 4.74 Å². The zero-order valence-corrected chi connectivity index (χ0v) is 10.6. The Morgan fingerprint density at radius 3 is 2.71 bits per heavy atom. The molecule has 2 N–H and O–H groups in total. The van der Waals surface area contributed by atoms with Gasteiger partial charge < -0.3 is 15.2 Å². The molecule has 0 spiro atoms. The summed E-state index contributed by atoms with van der Waals surface area (Å²) in [5.74, 6) is 0.737. The van der Waals surface area contributed by atoms with Crippen molar-refractivity contribution in [3.8, 4) is 11.5 Å². The van der Waals surface area contributed by atoms with E-state index in [0.717, 1.165) is 18.7 Å². The van der Waals surface area contributed by atoms with Gasteiger partial charge in [0.2, 0.25) is 0 Å². The second-order valence-electron chi connectivity index (χ2n) is 5.27. The molecule has 0 unspecified atom stereocenters. The van der Waals surface area contributed by atoms with Gasteiger partial charge in [0, 0.05) is 13.1 Å². The van der Waals surface area contributed by atoms with Gasteiger partial charge >= 0.3 is 0 Å². The molecular weight excluding hydrogens is 214 g/mol. The van der Waals surface area contributed by atoms with E-state index in [2.05, 4.69) is 12.2 Å². The zero-order valence-electron chi connectivity index (χ0n) is 10.6. The molecule has 1 fully saturated rings. The van der Waals surface area contributed by atoms with Crippen LogP contribution in [-0.2, 0) is 6.54 Å². The molecule has 1 aliphatic carbocycles. The van der Waals surface area contributed by atoms with E-state index in [1.807, 2.05) is 6.07 Å². The van der Waals surface area contributed by atoms with Crippen LogP contribution in [0.1, 0.15) is 31.7 Å². The van der Waals surface area contributed by atoms with Crippen LogP contribution in [0.15, 0.2) is 18.2 Å². The molecule has 0 aliphatic heterocycles. The summed E-state index contributed by atoms with van der Waals surface area (Å²) < 4.78 is 5.01. The third-order valence-corrected chi connectivity index (χ3v) is 3.68. The Morgan fingerprint density at radius 2 is 2.18 bits per heavy atom. The predicted octanol–water partition coefficient (Wildman–Crippen LogP) is 2.68. The van der Waals surface area contributed by atoms with Gasteiger partial charge in [0.05, 0.1) is 7.11 Å². The average Bonchev–Trinajstić information content (AvgIpc) is 2.27. The first-order chi connectivity index (χ1) is 8.13. The number of nitrogens with one attached hydrogen (secondary N) is 1. The second kappa shape index (κ2) is 4.96. The molecule has 1 aromatic carbocycles. The molecule has 0 bridgehead atoms. The van der Waals surface area contributed by atoms with Gasteiger partial charge in [-0.05, 0) is 36.0 Å². The van der Waals surface area contributed by atoms with Crippen LogP contribution in [0.3, 0.4) is 0 Å². The quantitative estimate of drug-likeness (QED) is 0.824. The highest BCUT2D eigenvalue weighted by Crippen LogP contribution is 2.39. The van der Waals surface area contributed by atoms with Crippen molar-refractivity contribution in [1.82, 2.24) is 5.32 Å². The smallest absolute Gasteiger partial charge is 0.160 e. The van der Waals surface area contributed by atoms with Gasteiger partial charge in [0.25, 0.3) is 0 Å². The zero-order chi connectivity index (χ0) is 12.3. The number of benzene rings is 1. The number of rotatable bonds is 5. The van der Waals surface area contributed by atoms with Crippen LogP contribution in [0.4, 0.5) is 0 Å². The van der Waals surface area contributed by atoms with E-state index in [1.165, 1.54) is 19.3 Å². The van der Waals surface area contributed by atoms with Crippen molar-refractivity contribution in [3.63, 3.8) is 0 Å². The minimum Gasteiger partial charge on any atom is -0.504 e. The molecule has 1 aliphatic rings. The number of phenolic OH excluding ortho intramolecular Hbond substituents is 1.